The van der Waals surface area contributed by atoms with E-state index in [2.05, 4.69) is 21.2 Å². The zero-order chi connectivity index (χ0) is 14.4. The van der Waals surface area contributed by atoms with E-state index < -0.39 is 0 Å². The van der Waals surface area contributed by atoms with Crippen LogP contribution in [0.15, 0.2) is 18.2 Å². The lowest BCUT2D eigenvalue weighted by molar-refractivity contribution is 0.253. The molecule has 112 valence electrons. The molecule has 0 aromatic heterocycles. The topological polar surface area (TPSA) is 18.5 Å². The number of nitrogens with zero attached hydrogens (tertiary/aromatic N) is 2. The van der Waals surface area contributed by atoms with Crippen molar-refractivity contribution in [3.05, 3.63) is 28.2 Å². The molecule has 20 heavy (non-hydrogen) atoms. The Morgan fingerprint density at radius 1 is 1.10 bits per heavy atom. The Labute approximate surface area is 131 Å². The largest absolute Gasteiger partial charge is 0.368 e. The summed E-state index contributed by atoms with van der Waals surface area (Å²) in [6.45, 7) is 6.54. The Kier molecular flexibility index (Phi) is 6.43. The minimum absolute atomic E-state index is 0.638. The maximum Gasteiger partial charge on any atom is 0.0825 e. The van der Waals surface area contributed by atoms with Gasteiger partial charge >= 0.3 is 0 Å². The molecule has 0 atom stereocenters. The molecule has 1 fully saturated rings. The van der Waals surface area contributed by atoms with Gasteiger partial charge in [0.2, 0.25) is 0 Å². The van der Waals surface area contributed by atoms with Crippen LogP contribution in [-0.2, 0) is 0 Å². The second-order valence-corrected chi connectivity index (χ2v) is 6.00. The Bertz CT molecular complexity index is 418. The van der Waals surface area contributed by atoms with Gasteiger partial charge < -0.3 is 10.2 Å². The summed E-state index contributed by atoms with van der Waals surface area (Å²) in [5, 5.41) is 4.51. The third-order valence-corrected chi connectivity index (χ3v) is 4.60. The SMILES string of the molecule is CNCCCCN1CCN(c2cccc(Cl)c2Cl)CC1. The normalized spacial score (nSPS) is 16.6. The van der Waals surface area contributed by atoms with Crippen molar-refractivity contribution in [3.8, 4) is 0 Å². The monoisotopic (exact) mass is 315 g/mol. The van der Waals surface area contributed by atoms with Crippen LogP contribution in [0.1, 0.15) is 12.8 Å². The van der Waals surface area contributed by atoms with Crippen molar-refractivity contribution >= 4 is 28.9 Å². The smallest absolute Gasteiger partial charge is 0.0825 e. The summed E-state index contributed by atoms with van der Waals surface area (Å²) < 4.78 is 0. The highest BCUT2D eigenvalue weighted by atomic mass is 35.5. The van der Waals surface area contributed by atoms with E-state index in [1.165, 1.54) is 19.4 Å². The second kappa shape index (κ2) is 8.08. The third kappa shape index (κ3) is 4.26. The first-order valence-electron chi connectivity index (χ1n) is 7.28. The molecule has 0 aliphatic carbocycles. The maximum atomic E-state index is 6.29. The predicted molar refractivity (Wildman–Crippen MR) is 88.3 cm³/mol. The lowest BCUT2D eigenvalue weighted by Gasteiger charge is -2.36. The average Bonchev–Trinajstić information content (AvgIpc) is 2.47. The van der Waals surface area contributed by atoms with Gasteiger partial charge in [-0.25, -0.2) is 0 Å². The van der Waals surface area contributed by atoms with Gasteiger partial charge in [-0.15, -0.1) is 0 Å². The first-order chi connectivity index (χ1) is 9.72. The van der Waals surface area contributed by atoms with E-state index >= 15 is 0 Å². The molecule has 3 nitrogen and oxygen atoms in total. The lowest BCUT2D eigenvalue weighted by atomic mass is 10.2. The van der Waals surface area contributed by atoms with Crippen molar-refractivity contribution < 1.29 is 0 Å². The van der Waals surface area contributed by atoms with Gasteiger partial charge in [0.1, 0.15) is 0 Å². The van der Waals surface area contributed by atoms with E-state index in [1.54, 1.807) is 0 Å². The fourth-order valence-electron chi connectivity index (χ4n) is 2.59. The number of nitrogens with one attached hydrogen (secondary N) is 1. The number of unbranched alkanes of at least 4 members (excludes halogenated alkanes) is 1. The van der Waals surface area contributed by atoms with Crippen LogP contribution in [0, 0.1) is 0 Å². The Balaban J connectivity index is 1.80. The van der Waals surface area contributed by atoms with Crippen molar-refractivity contribution in [3.63, 3.8) is 0 Å². The van der Waals surface area contributed by atoms with Gasteiger partial charge in [-0.2, -0.15) is 0 Å². The quantitative estimate of drug-likeness (QED) is 0.814. The number of benzene rings is 1. The molecule has 0 radical (unpaired) electrons. The zero-order valence-electron chi connectivity index (χ0n) is 12.0. The first kappa shape index (κ1) is 15.9. The van der Waals surface area contributed by atoms with Crippen LogP contribution >= 0.6 is 23.2 Å². The number of piperazine rings is 1. The highest BCUT2D eigenvalue weighted by Crippen LogP contribution is 2.32. The molecule has 0 spiro atoms. The van der Waals surface area contributed by atoms with E-state index in [-0.39, 0.29) is 0 Å². The molecular formula is C15H23Cl2N3. The zero-order valence-corrected chi connectivity index (χ0v) is 13.6. The van der Waals surface area contributed by atoms with Crippen LogP contribution in [0.2, 0.25) is 10.0 Å². The fraction of sp³-hybridized carbons (Fsp3) is 0.600. The Hall–Kier alpha value is -0.480. The summed E-state index contributed by atoms with van der Waals surface area (Å²) in [5.74, 6) is 0. The summed E-state index contributed by atoms with van der Waals surface area (Å²) in [6, 6.07) is 5.86. The number of halogens is 2. The molecule has 1 N–H and O–H groups in total. The van der Waals surface area contributed by atoms with E-state index in [9.17, 15) is 0 Å². The number of hydrogen-bond acceptors (Lipinski definition) is 3. The molecule has 1 aliphatic rings. The van der Waals surface area contributed by atoms with Crippen LogP contribution < -0.4 is 10.2 Å². The Morgan fingerprint density at radius 3 is 2.55 bits per heavy atom. The van der Waals surface area contributed by atoms with E-state index in [0.717, 1.165) is 38.4 Å². The van der Waals surface area contributed by atoms with E-state index in [0.29, 0.717) is 10.0 Å². The van der Waals surface area contributed by atoms with Crippen molar-refractivity contribution in [2.24, 2.45) is 0 Å². The number of rotatable bonds is 6. The number of anilines is 1. The summed E-state index contributed by atoms with van der Waals surface area (Å²) in [7, 11) is 2.01. The van der Waals surface area contributed by atoms with Gasteiger partial charge in [0.25, 0.3) is 0 Å². The molecule has 1 heterocycles. The summed E-state index contributed by atoms with van der Waals surface area (Å²) >= 11 is 12.4. The van der Waals surface area contributed by atoms with Crippen molar-refractivity contribution in [2.75, 3.05) is 51.2 Å². The van der Waals surface area contributed by atoms with E-state index in [1.807, 2.05) is 19.2 Å². The summed E-state index contributed by atoms with van der Waals surface area (Å²) in [6.07, 6.45) is 2.51. The highest BCUT2D eigenvalue weighted by molar-refractivity contribution is 6.43. The molecule has 5 heteroatoms. The van der Waals surface area contributed by atoms with Gasteiger partial charge in [-0.3, -0.25) is 4.90 Å². The first-order valence-corrected chi connectivity index (χ1v) is 8.04. The van der Waals surface area contributed by atoms with Gasteiger partial charge in [-0.05, 0) is 45.1 Å². The molecule has 1 aliphatic heterocycles. The van der Waals surface area contributed by atoms with Crippen molar-refractivity contribution in [1.29, 1.82) is 0 Å². The number of hydrogen-bond donors (Lipinski definition) is 1. The Morgan fingerprint density at radius 2 is 1.85 bits per heavy atom. The molecule has 1 aromatic rings. The lowest BCUT2D eigenvalue weighted by Crippen LogP contribution is -2.46. The van der Waals surface area contributed by atoms with Gasteiger partial charge in [0.15, 0.2) is 0 Å². The van der Waals surface area contributed by atoms with Crippen molar-refractivity contribution in [1.82, 2.24) is 10.2 Å². The van der Waals surface area contributed by atoms with Gasteiger partial charge in [-0.1, -0.05) is 29.3 Å². The van der Waals surface area contributed by atoms with Gasteiger partial charge in [0, 0.05) is 26.2 Å². The molecule has 1 saturated heterocycles. The predicted octanol–water partition coefficient (Wildman–Crippen LogP) is 3.12. The second-order valence-electron chi connectivity index (χ2n) is 5.21. The molecule has 0 unspecified atom stereocenters. The van der Waals surface area contributed by atoms with Crippen LogP contribution in [0.3, 0.4) is 0 Å². The average molecular weight is 316 g/mol. The van der Waals surface area contributed by atoms with Gasteiger partial charge in [0.05, 0.1) is 15.7 Å². The molecule has 1 aromatic carbocycles. The van der Waals surface area contributed by atoms with Crippen LogP contribution in [0.25, 0.3) is 0 Å². The molecular weight excluding hydrogens is 293 g/mol. The fourth-order valence-corrected chi connectivity index (χ4v) is 3.00. The molecule has 2 rings (SSSR count). The van der Waals surface area contributed by atoms with Crippen molar-refractivity contribution in [2.45, 2.75) is 12.8 Å². The van der Waals surface area contributed by atoms with Crippen LogP contribution in [-0.4, -0.2) is 51.2 Å². The summed E-state index contributed by atoms with van der Waals surface area (Å²) in [5.41, 5.74) is 1.06. The third-order valence-electron chi connectivity index (χ3n) is 3.80. The van der Waals surface area contributed by atoms with Crippen LogP contribution in [0.4, 0.5) is 5.69 Å². The minimum atomic E-state index is 0.638. The standard InChI is InChI=1S/C15H23Cl2N3/c1-18-7-2-3-8-19-9-11-20(12-10-19)14-6-4-5-13(16)15(14)17/h4-6,18H,2-3,7-12H2,1H3. The maximum absolute atomic E-state index is 6.29. The highest BCUT2D eigenvalue weighted by Gasteiger charge is 2.19. The molecule has 0 bridgehead atoms. The molecule has 0 saturated carbocycles. The molecule has 0 amide bonds. The van der Waals surface area contributed by atoms with E-state index in [4.69, 9.17) is 23.2 Å². The summed E-state index contributed by atoms with van der Waals surface area (Å²) in [4.78, 5) is 4.86. The van der Waals surface area contributed by atoms with Crippen LogP contribution in [0.5, 0.6) is 0 Å². The minimum Gasteiger partial charge on any atom is -0.368 e.